The highest BCUT2D eigenvalue weighted by molar-refractivity contribution is 7.98. The Kier molecular flexibility index (Phi) is 3.43. The second kappa shape index (κ2) is 4.86. The van der Waals surface area contributed by atoms with Crippen molar-refractivity contribution in [2.75, 3.05) is 13.4 Å². The van der Waals surface area contributed by atoms with Crippen molar-refractivity contribution in [1.29, 1.82) is 0 Å². The first-order valence-corrected chi connectivity index (χ1v) is 6.58. The van der Waals surface area contributed by atoms with Crippen molar-refractivity contribution in [3.8, 4) is 0 Å². The monoisotopic (exact) mass is 263 g/mol. The fourth-order valence-corrected chi connectivity index (χ4v) is 2.74. The molecule has 18 heavy (non-hydrogen) atoms. The minimum absolute atomic E-state index is 0.103. The molecule has 1 heterocycles. The summed E-state index contributed by atoms with van der Waals surface area (Å²) in [6.45, 7) is 0. The van der Waals surface area contributed by atoms with Gasteiger partial charge in [-0.3, -0.25) is 4.79 Å². The first-order chi connectivity index (χ1) is 8.61. The van der Waals surface area contributed by atoms with Crippen molar-refractivity contribution in [2.45, 2.75) is 5.03 Å². The number of carbonyl (C=O) groups excluding carboxylic acids is 1. The minimum atomic E-state index is -0.592. The number of fused-ring (bicyclic) bond motifs is 1. The summed E-state index contributed by atoms with van der Waals surface area (Å²) in [6, 6.07) is 7.22. The van der Waals surface area contributed by atoms with Crippen molar-refractivity contribution >= 4 is 28.6 Å². The molecular weight excluding hydrogens is 250 g/mol. The summed E-state index contributed by atoms with van der Waals surface area (Å²) < 4.78 is 6.54. The van der Waals surface area contributed by atoms with E-state index in [4.69, 9.17) is 4.74 Å². The van der Waals surface area contributed by atoms with Gasteiger partial charge in [0.05, 0.1) is 17.7 Å². The Hall–Kier alpha value is -1.75. The SMILES string of the molecule is COC(=O)c1c(SC)n(C)c2ccccc2c1=O. The van der Waals surface area contributed by atoms with Gasteiger partial charge in [-0.1, -0.05) is 12.1 Å². The second-order valence-electron chi connectivity index (χ2n) is 3.78. The normalized spacial score (nSPS) is 10.6. The van der Waals surface area contributed by atoms with E-state index in [-0.39, 0.29) is 11.0 Å². The van der Waals surface area contributed by atoms with Crippen molar-refractivity contribution < 1.29 is 9.53 Å². The van der Waals surface area contributed by atoms with Crippen LogP contribution in [0.4, 0.5) is 0 Å². The molecule has 0 radical (unpaired) electrons. The molecule has 0 saturated heterocycles. The van der Waals surface area contributed by atoms with E-state index in [9.17, 15) is 9.59 Å². The van der Waals surface area contributed by atoms with Crippen LogP contribution in [0.15, 0.2) is 34.1 Å². The van der Waals surface area contributed by atoms with E-state index >= 15 is 0 Å². The van der Waals surface area contributed by atoms with Gasteiger partial charge in [0.15, 0.2) is 0 Å². The molecule has 0 aliphatic carbocycles. The van der Waals surface area contributed by atoms with Crippen LogP contribution in [0.3, 0.4) is 0 Å². The fraction of sp³-hybridized carbons (Fsp3) is 0.231. The standard InChI is InChI=1S/C13H13NO3S/c1-14-9-7-5-4-6-8(9)11(15)10(12(14)18-3)13(16)17-2/h4-7H,1-3H3. The number of rotatable bonds is 2. The van der Waals surface area contributed by atoms with Gasteiger partial charge in [-0.15, -0.1) is 11.8 Å². The molecule has 0 spiro atoms. The summed E-state index contributed by atoms with van der Waals surface area (Å²) in [5.74, 6) is -0.592. The van der Waals surface area contributed by atoms with Gasteiger partial charge in [0, 0.05) is 12.4 Å². The van der Waals surface area contributed by atoms with E-state index in [1.807, 2.05) is 30.0 Å². The van der Waals surface area contributed by atoms with Gasteiger partial charge in [0.2, 0.25) is 5.43 Å². The molecule has 0 aliphatic heterocycles. The van der Waals surface area contributed by atoms with Crippen LogP contribution in [-0.2, 0) is 11.8 Å². The van der Waals surface area contributed by atoms with Crippen LogP contribution in [0.1, 0.15) is 10.4 Å². The lowest BCUT2D eigenvalue weighted by molar-refractivity contribution is 0.0594. The zero-order chi connectivity index (χ0) is 13.3. The third kappa shape index (κ3) is 1.80. The quantitative estimate of drug-likeness (QED) is 0.614. The smallest absolute Gasteiger partial charge is 0.344 e. The van der Waals surface area contributed by atoms with Gasteiger partial charge in [-0.2, -0.15) is 0 Å². The van der Waals surface area contributed by atoms with Crippen LogP contribution in [0.25, 0.3) is 10.9 Å². The van der Waals surface area contributed by atoms with Gasteiger partial charge in [0.1, 0.15) is 5.56 Å². The number of para-hydroxylation sites is 1. The molecule has 0 aliphatic rings. The Labute approximate surface area is 109 Å². The van der Waals surface area contributed by atoms with Crippen LogP contribution < -0.4 is 5.43 Å². The van der Waals surface area contributed by atoms with E-state index in [0.717, 1.165) is 5.52 Å². The van der Waals surface area contributed by atoms with E-state index in [1.165, 1.54) is 18.9 Å². The predicted molar refractivity (Wildman–Crippen MR) is 72.3 cm³/mol. The highest BCUT2D eigenvalue weighted by Crippen LogP contribution is 2.22. The maximum atomic E-state index is 12.3. The Balaban J connectivity index is 2.97. The summed E-state index contributed by atoms with van der Waals surface area (Å²) >= 11 is 1.36. The molecule has 0 atom stereocenters. The average molecular weight is 263 g/mol. The third-order valence-corrected chi connectivity index (χ3v) is 3.70. The molecule has 1 aromatic heterocycles. The number of carbonyl (C=O) groups is 1. The Morgan fingerprint density at radius 3 is 2.61 bits per heavy atom. The summed E-state index contributed by atoms with van der Waals surface area (Å²) in [7, 11) is 3.11. The molecule has 0 fully saturated rings. The molecule has 0 bridgehead atoms. The number of methoxy groups -OCH3 is 1. The van der Waals surface area contributed by atoms with E-state index in [1.54, 1.807) is 12.1 Å². The molecule has 4 nitrogen and oxygen atoms in total. The van der Waals surface area contributed by atoms with Gasteiger partial charge < -0.3 is 9.30 Å². The van der Waals surface area contributed by atoms with Crippen molar-refractivity contribution in [3.05, 3.63) is 40.1 Å². The topological polar surface area (TPSA) is 48.3 Å². The van der Waals surface area contributed by atoms with Crippen LogP contribution in [-0.4, -0.2) is 23.9 Å². The predicted octanol–water partition coefficient (Wildman–Crippen LogP) is 2.05. The van der Waals surface area contributed by atoms with Crippen LogP contribution >= 0.6 is 11.8 Å². The Bertz CT molecular complexity index is 676. The zero-order valence-corrected chi connectivity index (χ0v) is 11.2. The third-order valence-electron chi connectivity index (χ3n) is 2.84. The first kappa shape index (κ1) is 12.7. The molecule has 5 heteroatoms. The Morgan fingerprint density at radius 2 is 2.00 bits per heavy atom. The van der Waals surface area contributed by atoms with Crippen molar-refractivity contribution in [3.63, 3.8) is 0 Å². The highest BCUT2D eigenvalue weighted by atomic mass is 32.2. The Morgan fingerprint density at radius 1 is 1.33 bits per heavy atom. The van der Waals surface area contributed by atoms with Crippen molar-refractivity contribution in [1.82, 2.24) is 4.57 Å². The summed E-state index contributed by atoms with van der Waals surface area (Å²) in [5.41, 5.74) is 0.630. The molecule has 0 saturated carbocycles. The van der Waals surface area contributed by atoms with E-state index in [2.05, 4.69) is 0 Å². The molecule has 1 aromatic carbocycles. The molecular formula is C13H13NO3S. The number of aryl methyl sites for hydroxylation is 1. The fourth-order valence-electron chi connectivity index (χ4n) is 1.99. The summed E-state index contributed by atoms with van der Waals surface area (Å²) in [5, 5.41) is 1.14. The highest BCUT2D eigenvalue weighted by Gasteiger charge is 2.20. The second-order valence-corrected chi connectivity index (χ2v) is 4.58. The molecule has 2 rings (SSSR count). The van der Waals surface area contributed by atoms with Gasteiger partial charge >= 0.3 is 5.97 Å². The number of esters is 1. The number of pyridine rings is 1. The van der Waals surface area contributed by atoms with Gasteiger partial charge in [-0.25, -0.2) is 4.79 Å². The van der Waals surface area contributed by atoms with Gasteiger partial charge in [-0.05, 0) is 18.4 Å². The van der Waals surface area contributed by atoms with Gasteiger partial charge in [0.25, 0.3) is 0 Å². The maximum Gasteiger partial charge on any atom is 0.344 e. The summed E-state index contributed by atoms with van der Waals surface area (Å²) in [6.07, 6.45) is 1.83. The number of benzene rings is 1. The lowest BCUT2D eigenvalue weighted by atomic mass is 10.1. The van der Waals surface area contributed by atoms with Crippen LogP contribution in [0.5, 0.6) is 0 Å². The average Bonchev–Trinajstić information content (AvgIpc) is 2.41. The number of hydrogen-bond donors (Lipinski definition) is 0. The molecule has 0 unspecified atom stereocenters. The maximum absolute atomic E-state index is 12.3. The van der Waals surface area contributed by atoms with Crippen molar-refractivity contribution in [2.24, 2.45) is 7.05 Å². The van der Waals surface area contributed by atoms with Crippen LogP contribution in [0.2, 0.25) is 0 Å². The number of hydrogen-bond acceptors (Lipinski definition) is 4. The van der Waals surface area contributed by atoms with E-state index in [0.29, 0.717) is 10.4 Å². The first-order valence-electron chi connectivity index (χ1n) is 5.35. The number of ether oxygens (including phenoxy) is 1. The number of nitrogens with zero attached hydrogens (tertiary/aromatic N) is 1. The zero-order valence-electron chi connectivity index (χ0n) is 10.4. The molecule has 94 valence electrons. The molecule has 2 aromatic rings. The van der Waals surface area contributed by atoms with E-state index < -0.39 is 5.97 Å². The number of aromatic nitrogens is 1. The molecule has 0 N–H and O–H groups in total. The largest absolute Gasteiger partial charge is 0.465 e. The lowest BCUT2D eigenvalue weighted by Gasteiger charge is -2.13. The van der Waals surface area contributed by atoms with Crippen LogP contribution in [0, 0.1) is 0 Å². The summed E-state index contributed by atoms with van der Waals surface area (Å²) in [4.78, 5) is 24.1. The lowest BCUT2D eigenvalue weighted by Crippen LogP contribution is -2.21. The molecule has 0 amide bonds. The number of thioether (sulfide) groups is 1. The minimum Gasteiger partial charge on any atom is -0.465 e.